The van der Waals surface area contributed by atoms with Crippen LogP contribution in [0.4, 0.5) is 10.5 Å². The largest absolute Gasteiger partial charge is 0.377 e. The lowest BCUT2D eigenvalue weighted by Gasteiger charge is -2.15. The second-order valence-corrected chi connectivity index (χ2v) is 8.74. The first kappa shape index (κ1) is 20.3. The van der Waals surface area contributed by atoms with E-state index in [0.29, 0.717) is 20.5 Å². The van der Waals surface area contributed by atoms with Crippen LogP contribution in [-0.2, 0) is 11.3 Å². The van der Waals surface area contributed by atoms with Crippen LogP contribution in [0.15, 0.2) is 45.8 Å². The first-order valence-electron chi connectivity index (χ1n) is 7.93. The minimum Gasteiger partial charge on any atom is -0.377 e. The molecular weight excluding hydrogens is 471 g/mol. The maximum Gasteiger partial charge on any atom is 0.293 e. The Bertz CT molecular complexity index is 942. The summed E-state index contributed by atoms with van der Waals surface area (Å²) in [6, 6.07) is 10.8. The Kier molecular flexibility index (Phi) is 6.21. The quantitative estimate of drug-likeness (QED) is 0.493. The second kappa shape index (κ2) is 8.27. The number of thioether (sulfide) groups is 1. The normalized spacial score (nSPS) is 15.7. The van der Waals surface area contributed by atoms with Crippen molar-refractivity contribution in [2.75, 3.05) is 19.0 Å². The topological polar surface area (TPSA) is 40.6 Å². The molecule has 2 amide bonds. The summed E-state index contributed by atoms with van der Waals surface area (Å²) in [6.07, 6.45) is 1.71. The number of anilines is 1. The van der Waals surface area contributed by atoms with E-state index < -0.39 is 0 Å². The summed E-state index contributed by atoms with van der Waals surface area (Å²) in [5.41, 5.74) is 2.41. The molecule has 0 bridgehead atoms. The number of hydrogen-bond acceptors (Lipinski definition) is 4. The molecule has 4 nitrogen and oxygen atoms in total. The monoisotopic (exact) mass is 484 g/mol. The molecule has 0 unspecified atom stereocenters. The second-order valence-electron chi connectivity index (χ2n) is 6.07. The van der Waals surface area contributed by atoms with Crippen LogP contribution in [0.25, 0.3) is 6.08 Å². The summed E-state index contributed by atoms with van der Waals surface area (Å²) in [5, 5.41) is 0.508. The first-order valence-corrected chi connectivity index (χ1v) is 10.3. The molecule has 1 heterocycles. The number of imide groups is 1. The number of carbonyl (C=O) groups excluding carboxylic acids is 2. The zero-order valence-corrected chi connectivity index (χ0v) is 18.4. The molecule has 0 atom stereocenters. The van der Waals surface area contributed by atoms with Gasteiger partial charge in [-0.15, -0.1) is 0 Å². The van der Waals surface area contributed by atoms with Gasteiger partial charge in [0.15, 0.2) is 0 Å². The predicted molar refractivity (Wildman–Crippen MR) is 116 cm³/mol. The average molecular weight is 486 g/mol. The summed E-state index contributed by atoms with van der Waals surface area (Å²) >= 11 is 16.8. The highest BCUT2D eigenvalue weighted by atomic mass is 79.9. The molecule has 0 spiro atoms. The van der Waals surface area contributed by atoms with Gasteiger partial charge in [-0.05, 0) is 63.6 Å². The summed E-state index contributed by atoms with van der Waals surface area (Å²) in [6.45, 7) is 0.0454. The number of rotatable bonds is 4. The maximum absolute atomic E-state index is 12.7. The molecule has 1 aliphatic rings. The highest BCUT2D eigenvalue weighted by Gasteiger charge is 2.35. The lowest BCUT2D eigenvalue weighted by Crippen LogP contribution is -2.27. The van der Waals surface area contributed by atoms with E-state index >= 15 is 0 Å². The third-order valence-electron chi connectivity index (χ3n) is 4.00. The Balaban J connectivity index is 1.86. The highest BCUT2D eigenvalue weighted by molar-refractivity contribution is 9.10. The van der Waals surface area contributed by atoms with Gasteiger partial charge < -0.3 is 4.90 Å². The van der Waals surface area contributed by atoms with Crippen molar-refractivity contribution in [2.45, 2.75) is 6.54 Å². The lowest BCUT2D eigenvalue weighted by atomic mass is 10.1. The van der Waals surface area contributed by atoms with Crippen molar-refractivity contribution in [1.29, 1.82) is 0 Å². The number of amides is 2. The van der Waals surface area contributed by atoms with Crippen LogP contribution in [0, 0.1) is 0 Å². The third kappa shape index (κ3) is 4.35. The Labute approximate surface area is 180 Å². The van der Waals surface area contributed by atoms with E-state index in [9.17, 15) is 9.59 Å². The fourth-order valence-corrected chi connectivity index (χ4v) is 4.71. The molecule has 0 aliphatic carbocycles. The van der Waals surface area contributed by atoms with Gasteiger partial charge in [-0.25, -0.2) is 0 Å². The van der Waals surface area contributed by atoms with Crippen LogP contribution in [-0.4, -0.2) is 30.1 Å². The van der Waals surface area contributed by atoms with Crippen LogP contribution in [0.5, 0.6) is 0 Å². The van der Waals surface area contributed by atoms with E-state index in [1.54, 1.807) is 24.3 Å². The van der Waals surface area contributed by atoms with Crippen molar-refractivity contribution in [1.82, 2.24) is 4.90 Å². The lowest BCUT2D eigenvalue weighted by molar-refractivity contribution is -0.123. The average Bonchev–Trinajstić information content (AvgIpc) is 2.85. The summed E-state index contributed by atoms with van der Waals surface area (Å²) in [4.78, 5) is 28.6. The number of halogens is 3. The van der Waals surface area contributed by atoms with E-state index in [1.165, 1.54) is 0 Å². The smallest absolute Gasteiger partial charge is 0.293 e. The number of nitrogens with zero attached hydrogens (tertiary/aromatic N) is 2. The van der Waals surface area contributed by atoms with Gasteiger partial charge in [-0.2, -0.15) is 0 Å². The van der Waals surface area contributed by atoms with Crippen LogP contribution in [0.2, 0.25) is 10.0 Å². The molecule has 0 N–H and O–H groups in total. The molecule has 1 fully saturated rings. The van der Waals surface area contributed by atoms with Gasteiger partial charge in [0.05, 0.1) is 17.1 Å². The van der Waals surface area contributed by atoms with Crippen LogP contribution in [0.3, 0.4) is 0 Å². The molecule has 8 heteroatoms. The number of benzene rings is 2. The molecule has 27 heavy (non-hydrogen) atoms. The van der Waals surface area contributed by atoms with Crippen molar-refractivity contribution in [3.05, 3.63) is 66.9 Å². The number of hydrogen-bond donors (Lipinski definition) is 0. The zero-order chi connectivity index (χ0) is 19.7. The van der Waals surface area contributed by atoms with Crippen molar-refractivity contribution in [3.8, 4) is 0 Å². The van der Waals surface area contributed by atoms with Crippen molar-refractivity contribution >= 4 is 73.8 Å². The molecular formula is C19H15BrCl2N2O2S. The van der Waals surface area contributed by atoms with Crippen LogP contribution >= 0.6 is 50.9 Å². The van der Waals surface area contributed by atoms with E-state index in [0.717, 1.165) is 32.4 Å². The van der Waals surface area contributed by atoms with Gasteiger partial charge in [0.1, 0.15) is 0 Å². The predicted octanol–water partition coefficient (Wildman–Crippen LogP) is 6.06. The maximum atomic E-state index is 12.7. The zero-order valence-electron chi connectivity index (χ0n) is 14.5. The van der Waals surface area contributed by atoms with Gasteiger partial charge in [-0.3, -0.25) is 14.5 Å². The summed E-state index contributed by atoms with van der Waals surface area (Å²) in [7, 11) is 3.90. The van der Waals surface area contributed by atoms with E-state index in [4.69, 9.17) is 23.2 Å². The Hall–Kier alpha value is -1.47. The fraction of sp³-hybridized carbons (Fsp3) is 0.158. The first-order chi connectivity index (χ1) is 12.8. The summed E-state index contributed by atoms with van der Waals surface area (Å²) < 4.78 is 0.906. The standard InChI is InChI=1S/C19H15BrCl2N2O2S/c1-23(2)16-7-6-11(8-13(16)20)9-17-18(25)24(19(26)27-17)10-12-14(21)4-3-5-15(12)22/h3-9H,10H2,1-2H3/b17-9-. The van der Waals surface area contributed by atoms with Gasteiger partial charge in [0.25, 0.3) is 11.1 Å². The molecule has 2 aromatic rings. The molecule has 0 radical (unpaired) electrons. The fourth-order valence-electron chi connectivity index (χ4n) is 2.60. The van der Waals surface area contributed by atoms with E-state index in [-0.39, 0.29) is 17.7 Å². The van der Waals surface area contributed by atoms with E-state index in [2.05, 4.69) is 15.9 Å². The minimum atomic E-state index is -0.353. The Morgan fingerprint density at radius 1 is 1.15 bits per heavy atom. The van der Waals surface area contributed by atoms with Crippen LogP contribution < -0.4 is 4.90 Å². The van der Waals surface area contributed by atoms with Gasteiger partial charge >= 0.3 is 0 Å². The van der Waals surface area contributed by atoms with E-state index in [1.807, 2.05) is 37.2 Å². The molecule has 0 aromatic heterocycles. The highest BCUT2D eigenvalue weighted by Crippen LogP contribution is 2.36. The third-order valence-corrected chi connectivity index (χ3v) is 6.25. The van der Waals surface area contributed by atoms with Gasteiger partial charge in [0, 0.05) is 34.2 Å². The molecule has 3 rings (SSSR count). The van der Waals surface area contributed by atoms with Crippen LogP contribution in [0.1, 0.15) is 11.1 Å². The van der Waals surface area contributed by atoms with Gasteiger partial charge in [-0.1, -0.05) is 35.3 Å². The van der Waals surface area contributed by atoms with Crippen molar-refractivity contribution < 1.29 is 9.59 Å². The van der Waals surface area contributed by atoms with Gasteiger partial charge in [0.2, 0.25) is 0 Å². The molecule has 1 aliphatic heterocycles. The minimum absolute atomic E-state index is 0.0454. The van der Waals surface area contributed by atoms with Crippen molar-refractivity contribution in [3.63, 3.8) is 0 Å². The molecule has 2 aromatic carbocycles. The molecule has 0 saturated carbocycles. The molecule has 140 valence electrons. The SMILES string of the molecule is CN(C)c1ccc(/C=C2\SC(=O)N(Cc3c(Cl)cccc3Cl)C2=O)cc1Br. The molecule has 1 saturated heterocycles. The number of carbonyl (C=O) groups is 2. The Morgan fingerprint density at radius 3 is 2.41 bits per heavy atom. The summed E-state index contributed by atoms with van der Waals surface area (Å²) in [5.74, 6) is -0.353. The Morgan fingerprint density at radius 2 is 1.81 bits per heavy atom. The van der Waals surface area contributed by atoms with Crippen molar-refractivity contribution in [2.24, 2.45) is 0 Å².